The molecular formula is C55H41BN2OS. The normalized spacial score (nSPS) is 14.0. The summed E-state index contributed by atoms with van der Waals surface area (Å²) in [7, 11) is 0.831. The highest BCUT2D eigenvalue weighted by Crippen LogP contribution is 2.50. The van der Waals surface area contributed by atoms with E-state index in [1.54, 1.807) is 0 Å². The zero-order valence-corrected chi connectivity index (χ0v) is 35.1. The molecule has 0 atom stereocenters. The molecule has 60 heavy (non-hydrogen) atoms. The first kappa shape index (κ1) is 34.3. The van der Waals surface area contributed by atoms with Gasteiger partial charge in [0.25, 0.3) is 0 Å². The molecule has 0 unspecified atom stereocenters. The van der Waals surface area contributed by atoms with Crippen LogP contribution in [0.1, 0.15) is 51.3 Å². The molecule has 286 valence electrons. The van der Waals surface area contributed by atoms with Crippen LogP contribution in [0.15, 0.2) is 150 Å². The smallest absolute Gasteiger partial charge is 0.198 e. The Kier molecular flexibility index (Phi) is 6.75. The quantitative estimate of drug-likeness (QED) is 0.181. The van der Waals surface area contributed by atoms with E-state index in [0.29, 0.717) is 0 Å². The van der Waals surface area contributed by atoms with Gasteiger partial charge in [0.05, 0.1) is 5.52 Å². The van der Waals surface area contributed by atoms with Crippen LogP contribution in [0, 0.1) is 0 Å². The molecule has 2 aliphatic rings. The van der Waals surface area contributed by atoms with Crippen molar-refractivity contribution in [3.8, 4) is 27.9 Å². The molecule has 1 aliphatic carbocycles. The lowest BCUT2D eigenvalue weighted by Crippen LogP contribution is -2.38. The summed E-state index contributed by atoms with van der Waals surface area (Å²) < 4.78 is 11.7. The molecule has 0 radical (unpaired) electrons. The van der Waals surface area contributed by atoms with Crippen molar-refractivity contribution in [1.82, 2.24) is 4.57 Å². The van der Waals surface area contributed by atoms with E-state index in [2.05, 4.69) is 190 Å². The number of benzene rings is 8. The number of aromatic nitrogens is 1. The average Bonchev–Trinajstić information content (AvgIpc) is 3.97. The molecule has 1 aliphatic heterocycles. The average molecular weight is 789 g/mol. The van der Waals surface area contributed by atoms with Crippen molar-refractivity contribution in [2.45, 2.75) is 45.4 Å². The molecule has 0 fully saturated rings. The fourth-order valence-corrected chi connectivity index (χ4v) is 11.9. The predicted molar refractivity (Wildman–Crippen MR) is 259 cm³/mol. The van der Waals surface area contributed by atoms with Crippen molar-refractivity contribution >= 4 is 105 Å². The molecule has 11 aromatic rings. The standard InChI is InChI=1S/C55H41BN2OS/c1-54(2,3)30-18-20-31(21-19-30)57-43-26-39-33-13-8-11-17-48(33)60-49(39)28-38(43)34-22-23-36-50-44(24-25-47-51(50)35-14-7-10-16-46(35)59-47)58-45-27-37-32-12-6-9-15-40(32)55(4,5)41(37)29-42(45)56-52(34)53(36)58/h6-29,56-57H,1-5H3. The Hall–Kier alpha value is -6.56. The van der Waals surface area contributed by atoms with Crippen LogP contribution in [0.3, 0.4) is 0 Å². The Morgan fingerprint density at radius 1 is 0.600 bits per heavy atom. The number of rotatable bonds is 3. The molecule has 3 nitrogen and oxygen atoms in total. The van der Waals surface area contributed by atoms with E-state index in [1.807, 2.05) is 11.3 Å². The maximum atomic E-state index is 6.53. The van der Waals surface area contributed by atoms with Crippen molar-refractivity contribution in [3.63, 3.8) is 0 Å². The molecule has 0 amide bonds. The molecule has 0 bridgehead atoms. The second-order valence-electron chi connectivity index (χ2n) is 18.6. The third kappa shape index (κ3) is 4.61. The Bertz CT molecular complexity index is 3670. The topological polar surface area (TPSA) is 30.1 Å². The molecule has 8 aromatic carbocycles. The SMILES string of the molecule is CC(C)(C)c1ccc(Nc2cc3c(cc2-c2ccc4c5c6c(ccc5n5c4c2Bc2cc4c(cc2-5)-c2ccccc2C4(C)C)oc2ccccc26)sc2ccccc23)cc1. The number of anilines is 2. The summed E-state index contributed by atoms with van der Waals surface area (Å²) in [4.78, 5) is 0. The lowest BCUT2D eigenvalue weighted by molar-refractivity contribution is 0.590. The third-order valence-corrected chi connectivity index (χ3v) is 14.9. The Morgan fingerprint density at radius 2 is 1.38 bits per heavy atom. The van der Waals surface area contributed by atoms with Crippen molar-refractivity contribution in [3.05, 3.63) is 162 Å². The van der Waals surface area contributed by atoms with Gasteiger partial charge in [-0.3, -0.25) is 0 Å². The molecule has 13 rings (SSSR count). The predicted octanol–water partition coefficient (Wildman–Crippen LogP) is 13.8. The largest absolute Gasteiger partial charge is 0.456 e. The summed E-state index contributed by atoms with van der Waals surface area (Å²) in [5.74, 6) is 0. The van der Waals surface area contributed by atoms with Crippen molar-refractivity contribution < 1.29 is 4.42 Å². The number of fused-ring (bicyclic) bond motifs is 15. The number of hydrogen-bond donors (Lipinski definition) is 1. The lowest BCUT2D eigenvalue weighted by atomic mass is 9.58. The van der Waals surface area contributed by atoms with Gasteiger partial charge < -0.3 is 14.3 Å². The van der Waals surface area contributed by atoms with Gasteiger partial charge in [0.1, 0.15) is 11.2 Å². The fourth-order valence-electron chi connectivity index (χ4n) is 10.8. The summed E-state index contributed by atoms with van der Waals surface area (Å²) in [6.07, 6.45) is 0. The fraction of sp³-hybridized carbons (Fsp3) is 0.127. The first-order valence-electron chi connectivity index (χ1n) is 21.1. The van der Waals surface area contributed by atoms with Gasteiger partial charge in [0.15, 0.2) is 7.28 Å². The lowest BCUT2D eigenvalue weighted by Gasteiger charge is -2.27. The van der Waals surface area contributed by atoms with Gasteiger partial charge in [-0.05, 0) is 98.9 Å². The monoisotopic (exact) mass is 788 g/mol. The zero-order chi connectivity index (χ0) is 40.2. The van der Waals surface area contributed by atoms with E-state index in [9.17, 15) is 0 Å². The number of para-hydroxylation sites is 1. The summed E-state index contributed by atoms with van der Waals surface area (Å²) in [6.45, 7) is 11.6. The van der Waals surface area contributed by atoms with E-state index in [-0.39, 0.29) is 10.8 Å². The van der Waals surface area contributed by atoms with Crippen LogP contribution in [0.4, 0.5) is 11.4 Å². The minimum Gasteiger partial charge on any atom is -0.456 e. The first-order chi connectivity index (χ1) is 29.1. The summed E-state index contributed by atoms with van der Waals surface area (Å²) in [6, 6.07) is 54.5. The Labute approximate surface area is 353 Å². The molecular weight excluding hydrogens is 747 g/mol. The summed E-state index contributed by atoms with van der Waals surface area (Å²) in [5.41, 5.74) is 19.8. The number of thiophene rings is 1. The highest BCUT2D eigenvalue weighted by Gasteiger charge is 2.38. The van der Waals surface area contributed by atoms with Crippen LogP contribution >= 0.6 is 11.3 Å². The van der Waals surface area contributed by atoms with Crippen LogP contribution in [-0.4, -0.2) is 11.8 Å². The number of nitrogens with one attached hydrogen (secondary N) is 1. The third-order valence-electron chi connectivity index (χ3n) is 13.8. The second-order valence-corrected chi connectivity index (χ2v) is 19.7. The highest BCUT2D eigenvalue weighted by atomic mass is 32.1. The van der Waals surface area contributed by atoms with E-state index in [4.69, 9.17) is 4.42 Å². The van der Waals surface area contributed by atoms with Crippen LogP contribution in [0.2, 0.25) is 0 Å². The Morgan fingerprint density at radius 3 is 2.23 bits per heavy atom. The van der Waals surface area contributed by atoms with Gasteiger partial charge >= 0.3 is 0 Å². The van der Waals surface area contributed by atoms with Gasteiger partial charge in [-0.2, -0.15) is 0 Å². The van der Waals surface area contributed by atoms with E-state index in [1.165, 1.54) is 103 Å². The van der Waals surface area contributed by atoms with Crippen molar-refractivity contribution in [1.29, 1.82) is 0 Å². The van der Waals surface area contributed by atoms with Gasteiger partial charge in [0, 0.05) is 75.3 Å². The number of furan rings is 1. The highest BCUT2D eigenvalue weighted by molar-refractivity contribution is 7.25. The van der Waals surface area contributed by atoms with E-state index >= 15 is 0 Å². The molecule has 4 heterocycles. The van der Waals surface area contributed by atoms with Crippen molar-refractivity contribution in [2.75, 3.05) is 5.32 Å². The van der Waals surface area contributed by atoms with Gasteiger partial charge in [0.2, 0.25) is 0 Å². The van der Waals surface area contributed by atoms with Crippen molar-refractivity contribution in [2.24, 2.45) is 0 Å². The van der Waals surface area contributed by atoms with Crippen LogP contribution in [0.25, 0.3) is 91.9 Å². The number of nitrogens with zero attached hydrogens (tertiary/aromatic N) is 1. The van der Waals surface area contributed by atoms with E-state index < -0.39 is 0 Å². The minimum atomic E-state index is -0.0947. The molecule has 0 saturated carbocycles. The minimum absolute atomic E-state index is 0.0808. The van der Waals surface area contributed by atoms with Crippen LogP contribution in [0.5, 0.6) is 0 Å². The molecule has 1 N–H and O–H groups in total. The molecule has 3 aromatic heterocycles. The molecule has 0 saturated heterocycles. The maximum Gasteiger partial charge on any atom is 0.198 e. The van der Waals surface area contributed by atoms with Gasteiger partial charge in [-0.1, -0.05) is 131 Å². The molecule has 5 heteroatoms. The van der Waals surface area contributed by atoms with Crippen LogP contribution < -0.4 is 16.2 Å². The Balaban J connectivity index is 1.12. The summed E-state index contributed by atoms with van der Waals surface area (Å²) in [5, 5.41) is 11.4. The maximum absolute atomic E-state index is 6.53. The van der Waals surface area contributed by atoms with Crippen LogP contribution in [-0.2, 0) is 10.8 Å². The second kappa shape index (κ2) is 11.8. The van der Waals surface area contributed by atoms with E-state index in [0.717, 1.165) is 35.2 Å². The number of hydrogen-bond acceptors (Lipinski definition) is 3. The zero-order valence-electron chi connectivity index (χ0n) is 34.3. The first-order valence-corrected chi connectivity index (χ1v) is 21.9. The molecule has 0 spiro atoms. The summed E-state index contributed by atoms with van der Waals surface area (Å²) >= 11 is 1.88. The van der Waals surface area contributed by atoms with Gasteiger partial charge in [-0.15, -0.1) is 11.3 Å². The van der Waals surface area contributed by atoms with Gasteiger partial charge in [-0.25, -0.2) is 0 Å².